The molecule has 0 radical (unpaired) electrons. The molecule has 31 heavy (non-hydrogen) atoms. The van der Waals surface area contributed by atoms with Gasteiger partial charge in [0.2, 0.25) is 0 Å². The zero-order valence-corrected chi connectivity index (χ0v) is 18.4. The van der Waals surface area contributed by atoms with Crippen LogP contribution in [0.1, 0.15) is 43.1 Å². The second kappa shape index (κ2) is 11.9. The zero-order chi connectivity index (χ0) is 21.9. The minimum absolute atomic E-state index is 0.0832. The predicted molar refractivity (Wildman–Crippen MR) is 125 cm³/mol. The number of anilines is 1. The summed E-state index contributed by atoms with van der Waals surface area (Å²) in [6.07, 6.45) is 0.193. The van der Waals surface area contributed by atoms with Crippen LogP contribution in [-0.4, -0.2) is 19.2 Å². The summed E-state index contributed by atoms with van der Waals surface area (Å²) in [7, 11) is 0. The molecular weight excluding hydrogens is 386 g/mol. The lowest BCUT2D eigenvalue weighted by molar-refractivity contribution is -0.144. The third-order valence-electron chi connectivity index (χ3n) is 5.14. The summed E-state index contributed by atoms with van der Waals surface area (Å²) in [5.41, 5.74) is 4.80. The third-order valence-corrected chi connectivity index (χ3v) is 5.14. The van der Waals surface area contributed by atoms with Gasteiger partial charge in [-0.3, -0.25) is 4.79 Å². The quantitative estimate of drug-likeness (QED) is 0.363. The van der Waals surface area contributed by atoms with Crippen molar-refractivity contribution in [3.05, 3.63) is 102 Å². The van der Waals surface area contributed by atoms with Gasteiger partial charge in [-0.15, -0.1) is 0 Å². The van der Waals surface area contributed by atoms with Crippen LogP contribution in [-0.2, 0) is 27.4 Å². The fraction of sp³-hybridized carbons (Fsp3) is 0.296. The Bertz CT molecular complexity index is 869. The normalized spacial score (nSPS) is 11.7. The highest BCUT2D eigenvalue weighted by Gasteiger charge is 2.12. The standard InChI is InChI=1S/C27H31NO3/c1-3-30-27(29)18-19-31-22(2)25-14-16-26(17-15-25)28(20-23-10-6-4-7-11-23)21-24-12-8-5-9-13-24/h4-17,22H,3,18-21H2,1-2H3. The van der Waals surface area contributed by atoms with Crippen molar-refractivity contribution in [1.29, 1.82) is 0 Å². The summed E-state index contributed by atoms with van der Waals surface area (Å²) in [5.74, 6) is -0.220. The molecule has 0 N–H and O–H groups in total. The van der Waals surface area contributed by atoms with Crippen molar-refractivity contribution < 1.29 is 14.3 Å². The maximum absolute atomic E-state index is 11.5. The smallest absolute Gasteiger partial charge is 0.308 e. The molecule has 0 aliphatic carbocycles. The molecule has 3 rings (SSSR count). The van der Waals surface area contributed by atoms with Crippen LogP contribution >= 0.6 is 0 Å². The Morgan fingerprint density at radius 3 is 1.90 bits per heavy atom. The van der Waals surface area contributed by atoms with Gasteiger partial charge in [0.05, 0.1) is 25.7 Å². The van der Waals surface area contributed by atoms with Gasteiger partial charge >= 0.3 is 5.97 Å². The van der Waals surface area contributed by atoms with E-state index < -0.39 is 0 Å². The van der Waals surface area contributed by atoms with Gasteiger partial charge in [0, 0.05) is 18.8 Å². The molecule has 0 aromatic heterocycles. The van der Waals surface area contributed by atoms with Crippen molar-refractivity contribution in [3.8, 4) is 0 Å². The minimum Gasteiger partial charge on any atom is -0.466 e. The van der Waals surface area contributed by atoms with Gasteiger partial charge in [-0.25, -0.2) is 0 Å². The first-order valence-corrected chi connectivity index (χ1v) is 10.9. The van der Waals surface area contributed by atoms with Crippen LogP contribution in [0, 0.1) is 0 Å². The molecule has 3 aromatic carbocycles. The topological polar surface area (TPSA) is 38.8 Å². The first-order chi connectivity index (χ1) is 15.2. The van der Waals surface area contributed by atoms with Crippen LogP contribution in [0.2, 0.25) is 0 Å². The van der Waals surface area contributed by atoms with Gasteiger partial charge in [-0.05, 0) is 42.7 Å². The van der Waals surface area contributed by atoms with Gasteiger partial charge in [0.15, 0.2) is 0 Å². The highest BCUT2D eigenvalue weighted by Crippen LogP contribution is 2.24. The summed E-state index contributed by atoms with van der Waals surface area (Å²) in [6.45, 7) is 6.24. The SMILES string of the molecule is CCOC(=O)CCOC(C)c1ccc(N(Cc2ccccc2)Cc2ccccc2)cc1. The molecule has 0 aliphatic rings. The molecule has 3 aromatic rings. The molecule has 0 amide bonds. The van der Waals surface area contributed by atoms with Gasteiger partial charge in [-0.2, -0.15) is 0 Å². The lowest BCUT2D eigenvalue weighted by atomic mass is 10.1. The minimum atomic E-state index is -0.220. The number of hydrogen-bond acceptors (Lipinski definition) is 4. The summed E-state index contributed by atoms with van der Waals surface area (Å²) in [4.78, 5) is 13.8. The molecule has 4 heteroatoms. The predicted octanol–water partition coefficient (Wildman–Crippen LogP) is 5.92. The Hall–Kier alpha value is -3.11. The number of hydrogen-bond donors (Lipinski definition) is 0. The zero-order valence-electron chi connectivity index (χ0n) is 18.4. The van der Waals surface area contributed by atoms with Crippen molar-refractivity contribution in [1.82, 2.24) is 0 Å². The number of carbonyl (C=O) groups is 1. The van der Waals surface area contributed by atoms with Crippen LogP contribution in [0.25, 0.3) is 0 Å². The van der Waals surface area contributed by atoms with Gasteiger partial charge in [0.25, 0.3) is 0 Å². The maximum atomic E-state index is 11.5. The maximum Gasteiger partial charge on any atom is 0.308 e. The largest absolute Gasteiger partial charge is 0.466 e. The number of ether oxygens (including phenoxy) is 2. The lowest BCUT2D eigenvalue weighted by Gasteiger charge is -2.26. The third kappa shape index (κ3) is 7.26. The Morgan fingerprint density at radius 1 is 0.839 bits per heavy atom. The molecular formula is C27H31NO3. The van der Waals surface area contributed by atoms with E-state index in [4.69, 9.17) is 9.47 Å². The van der Waals surface area contributed by atoms with Crippen molar-refractivity contribution in [2.75, 3.05) is 18.1 Å². The molecule has 0 saturated heterocycles. The van der Waals surface area contributed by atoms with Crippen LogP contribution in [0.4, 0.5) is 5.69 Å². The van der Waals surface area contributed by atoms with Crippen molar-refractivity contribution in [2.45, 2.75) is 39.5 Å². The van der Waals surface area contributed by atoms with Crippen LogP contribution < -0.4 is 4.90 Å². The van der Waals surface area contributed by atoms with Gasteiger partial charge < -0.3 is 14.4 Å². The Labute approximate surface area is 185 Å². The van der Waals surface area contributed by atoms with Gasteiger partial charge in [-0.1, -0.05) is 72.8 Å². The molecule has 1 atom stereocenters. The Morgan fingerprint density at radius 2 is 1.39 bits per heavy atom. The second-order valence-corrected chi connectivity index (χ2v) is 7.49. The molecule has 4 nitrogen and oxygen atoms in total. The van der Waals surface area contributed by atoms with E-state index in [1.54, 1.807) is 0 Å². The van der Waals surface area contributed by atoms with E-state index in [0.29, 0.717) is 13.2 Å². The Kier molecular flexibility index (Phi) is 8.68. The highest BCUT2D eigenvalue weighted by atomic mass is 16.5. The highest BCUT2D eigenvalue weighted by molar-refractivity contribution is 5.69. The second-order valence-electron chi connectivity index (χ2n) is 7.49. The monoisotopic (exact) mass is 417 g/mol. The van der Waals surface area contributed by atoms with Crippen LogP contribution in [0.5, 0.6) is 0 Å². The molecule has 0 fully saturated rings. The first kappa shape index (κ1) is 22.6. The van der Waals surface area contributed by atoms with Crippen molar-refractivity contribution in [3.63, 3.8) is 0 Å². The van der Waals surface area contributed by atoms with E-state index in [9.17, 15) is 4.79 Å². The van der Waals surface area contributed by atoms with E-state index in [2.05, 4.69) is 77.7 Å². The number of nitrogens with zero attached hydrogens (tertiary/aromatic N) is 1. The molecule has 0 heterocycles. The van der Waals surface area contributed by atoms with Crippen molar-refractivity contribution >= 4 is 11.7 Å². The number of esters is 1. The average molecular weight is 418 g/mol. The van der Waals surface area contributed by atoms with E-state index in [1.807, 2.05) is 26.0 Å². The number of rotatable bonds is 11. The van der Waals surface area contributed by atoms with Crippen LogP contribution in [0.15, 0.2) is 84.9 Å². The molecule has 0 spiro atoms. The summed E-state index contributed by atoms with van der Waals surface area (Å²) in [5, 5.41) is 0. The van der Waals surface area contributed by atoms with Crippen molar-refractivity contribution in [2.24, 2.45) is 0 Å². The van der Waals surface area contributed by atoms with E-state index in [0.717, 1.165) is 24.3 Å². The number of benzene rings is 3. The fourth-order valence-corrected chi connectivity index (χ4v) is 3.45. The molecule has 0 saturated carbocycles. The summed E-state index contributed by atoms with van der Waals surface area (Å²) < 4.78 is 10.8. The first-order valence-electron chi connectivity index (χ1n) is 10.9. The average Bonchev–Trinajstić information content (AvgIpc) is 2.80. The van der Waals surface area contributed by atoms with E-state index in [1.165, 1.54) is 11.1 Å². The van der Waals surface area contributed by atoms with Gasteiger partial charge in [0.1, 0.15) is 0 Å². The van der Waals surface area contributed by atoms with Crippen LogP contribution in [0.3, 0.4) is 0 Å². The molecule has 1 unspecified atom stereocenters. The molecule has 162 valence electrons. The Balaban J connectivity index is 1.67. The molecule has 0 aliphatic heterocycles. The number of carbonyl (C=O) groups excluding carboxylic acids is 1. The van der Waals surface area contributed by atoms with E-state index in [-0.39, 0.29) is 18.5 Å². The van der Waals surface area contributed by atoms with E-state index >= 15 is 0 Å². The molecule has 0 bridgehead atoms. The lowest BCUT2D eigenvalue weighted by Crippen LogP contribution is -2.22. The summed E-state index contributed by atoms with van der Waals surface area (Å²) >= 11 is 0. The summed E-state index contributed by atoms with van der Waals surface area (Å²) in [6, 6.07) is 29.5. The fourth-order valence-electron chi connectivity index (χ4n) is 3.45.